The SMILES string of the molecule is CCCCCC(C)(CCOCC)c1ccccc1. The highest BCUT2D eigenvalue weighted by molar-refractivity contribution is 5.24. The van der Waals surface area contributed by atoms with Crippen LogP contribution in [-0.4, -0.2) is 13.2 Å². The van der Waals surface area contributed by atoms with E-state index in [2.05, 4.69) is 51.1 Å². The number of ether oxygens (including phenoxy) is 1. The van der Waals surface area contributed by atoms with Crippen molar-refractivity contribution in [2.24, 2.45) is 0 Å². The van der Waals surface area contributed by atoms with Gasteiger partial charge >= 0.3 is 0 Å². The molecule has 1 rings (SSSR count). The van der Waals surface area contributed by atoms with E-state index >= 15 is 0 Å². The number of rotatable bonds is 9. The fraction of sp³-hybridized carbons (Fsp3) is 0.647. The second-order valence-electron chi connectivity index (χ2n) is 5.33. The van der Waals surface area contributed by atoms with Gasteiger partial charge in [0.25, 0.3) is 0 Å². The standard InChI is InChI=1S/C17H28O/c1-4-6-10-13-17(3,14-15-18-5-2)16-11-8-7-9-12-16/h7-9,11-12H,4-6,10,13-15H2,1-3H3. The van der Waals surface area contributed by atoms with Crippen LogP contribution in [0.25, 0.3) is 0 Å². The lowest BCUT2D eigenvalue weighted by Gasteiger charge is -2.30. The Balaban J connectivity index is 2.67. The van der Waals surface area contributed by atoms with E-state index in [-0.39, 0.29) is 5.41 Å². The van der Waals surface area contributed by atoms with E-state index in [0.717, 1.165) is 19.6 Å². The van der Waals surface area contributed by atoms with Crippen molar-refractivity contribution in [2.75, 3.05) is 13.2 Å². The smallest absolute Gasteiger partial charge is 0.0474 e. The van der Waals surface area contributed by atoms with Gasteiger partial charge in [-0.1, -0.05) is 63.4 Å². The minimum atomic E-state index is 0.269. The lowest BCUT2D eigenvalue weighted by Crippen LogP contribution is -2.24. The van der Waals surface area contributed by atoms with E-state index in [4.69, 9.17) is 4.74 Å². The average Bonchev–Trinajstić information content (AvgIpc) is 2.40. The minimum absolute atomic E-state index is 0.269. The van der Waals surface area contributed by atoms with E-state index in [1.807, 2.05) is 0 Å². The first kappa shape index (κ1) is 15.2. The molecule has 0 aromatic heterocycles. The Morgan fingerprint density at radius 3 is 2.33 bits per heavy atom. The zero-order chi connectivity index (χ0) is 13.3. The van der Waals surface area contributed by atoms with Crippen LogP contribution in [0, 0.1) is 0 Å². The largest absolute Gasteiger partial charge is 0.382 e. The van der Waals surface area contributed by atoms with Crippen LogP contribution in [-0.2, 0) is 10.2 Å². The highest BCUT2D eigenvalue weighted by Gasteiger charge is 2.25. The van der Waals surface area contributed by atoms with Crippen molar-refractivity contribution in [1.29, 1.82) is 0 Å². The summed E-state index contributed by atoms with van der Waals surface area (Å²) in [6.07, 6.45) is 6.31. The summed E-state index contributed by atoms with van der Waals surface area (Å²) in [6, 6.07) is 10.9. The summed E-state index contributed by atoms with van der Waals surface area (Å²) in [5.74, 6) is 0. The monoisotopic (exact) mass is 248 g/mol. The van der Waals surface area contributed by atoms with Crippen molar-refractivity contribution in [3.05, 3.63) is 35.9 Å². The van der Waals surface area contributed by atoms with E-state index in [1.54, 1.807) is 0 Å². The van der Waals surface area contributed by atoms with Crippen LogP contribution in [0.5, 0.6) is 0 Å². The summed E-state index contributed by atoms with van der Waals surface area (Å²) in [6.45, 7) is 8.40. The molecule has 1 unspecified atom stereocenters. The van der Waals surface area contributed by atoms with Crippen LogP contribution in [0.3, 0.4) is 0 Å². The van der Waals surface area contributed by atoms with Gasteiger partial charge < -0.3 is 4.74 Å². The predicted molar refractivity (Wildman–Crippen MR) is 79.0 cm³/mol. The fourth-order valence-electron chi connectivity index (χ4n) is 2.46. The van der Waals surface area contributed by atoms with Crippen molar-refractivity contribution in [1.82, 2.24) is 0 Å². The maximum atomic E-state index is 5.56. The first-order chi connectivity index (χ1) is 8.73. The second kappa shape index (κ2) is 8.31. The summed E-state index contributed by atoms with van der Waals surface area (Å²) in [4.78, 5) is 0. The van der Waals surface area contributed by atoms with Gasteiger partial charge in [0.05, 0.1) is 0 Å². The molecule has 0 N–H and O–H groups in total. The summed E-state index contributed by atoms with van der Waals surface area (Å²) in [5, 5.41) is 0. The molecule has 0 bridgehead atoms. The van der Waals surface area contributed by atoms with Gasteiger partial charge in [-0.3, -0.25) is 0 Å². The zero-order valence-corrected chi connectivity index (χ0v) is 12.2. The molecule has 102 valence electrons. The lowest BCUT2D eigenvalue weighted by molar-refractivity contribution is 0.125. The Morgan fingerprint density at radius 2 is 1.72 bits per heavy atom. The van der Waals surface area contributed by atoms with Crippen LogP contribution in [0.1, 0.15) is 58.4 Å². The summed E-state index contributed by atoms with van der Waals surface area (Å²) >= 11 is 0. The molecule has 0 amide bonds. The molecule has 1 aromatic rings. The normalized spacial score (nSPS) is 14.4. The quantitative estimate of drug-likeness (QED) is 0.562. The Morgan fingerprint density at radius 1 is 1.00 bits per heavy atom. The van der Waals surface area contributed by atoms with E-state index in [1.165, 1.54) is 31.2 Å². The van der Waals surface area contributed by atoms with Crippen molar-refractivity contribution in [3.63, 3.8) is 0 Å². The predicted octanol–water partition coefficient (Wildman–Crippen LogP) is 4.95. The second-order valence-corrected chi connectivity index (χ2v) is 5.33. The van der Waals surface area contributed by atoms with Gasteiger partial charge in [-0.2, -0.15) is 0 Å². The molecule has 1 aromatic carbocycles. The van der Waals surface area contributed by atoms with Crippen molar-refractivity contribution >= 4 is 0 Å². The van der Waals surface area contributed by atoms with Gasteiger partial charge in [-0.05, 0) is 30.7 Å². The van der Waals surface area contributed by atoms with Crippen LogP contribution >= 0.6 is 0 Å². The van der Waals surface area contributed by atoms with Crippen LogP contribution in [0.2, 0.25) is 0 Å². The maximum absolute atomic E-state index is 5.56. The van der Waals surface area contributed by atoms with Crippen molar-refractivity contribution in [2.45, 2.75) is 58.3 Å². The third-order valence-corrected chi connectivity index (χ3v) is 3.81. The third-order valence-electron chi connectivity index (χ3n) is 3.81. The Labute approximate surface area is 113 Å². The van der Waals surface area contributed by atoms with E-state index in [9.17, 15) is 0 Å². The molecule has 0 spiro atoms. The number of hydrogen-bond donors (Lipinski definition) is 0. The van der Waals surface area contributed by atoms with Crippen LogP contribution in [0.15, 0.2) is 30.3 Å². The van der Waals surface area contributed by atoms with Crippen LogP contribution < -0.4 is 0 Å². The van der Waals surface area contributed by atoms with E-state index in [0.29, 0.717) is 0 Å². The first-order valence-electron chi connectivity index (χ1n) is 7.36. The summed E-state index contributed by atoms with van der Waals surface area (Å²) in [5.41, 5.74) is 1.73. The molecule has 18 heavy (non-hydrogen) atoms. The van der Waals surface area contributed by atoms with Gasteiger partial charge in [0.15, 0.2) is 0 Å². The van der Waals surface area contributed by atoms with Gasteiger partial charge in [0, 0.05) is 13.2 Å². The summed E-state index contributed by atoms with van der Waals surface area (Å²) in [7, 11) is 0. The molecular formula is C17H28O. The highest BCUT2D eigenvalue weighted by Crippen LogP contribution is 2.33. The molecule has 0 heterocycles. The molecule has 0 saturated carbocycles. The lowest BCUT2D eigenvalue weighted by atomic mass is 9.75. The Hall–Kier alpha value is -0.820. The molecule has 0 radical (unpaired) electrons. The number of benzene rings is 1. The maximum Gasteiger partial charge on any atom is 0.0474 e. The van der Waals surface area contributed by atoms with Gasteiger partial charge in [-0.15, -0.1) is 0 Å². The molecule has 0 fully saturated rings. The van der Waals surface area contributed by atoms with Crippen molar-refractivity contribution < 1.29 is 4.74 Å². The number of hydrogen-bond acceptors (Lipinski definition) is 1. The third kappa shape index (κ3) is 4.81. The van der Waals surface area contributed by atoms with Gasteiger partial charge in [-0.25, -0.2) is 0 Å². The average molecular weight is 248 g/mol. The molecule has 1 heteroatoms. The highest BCUT2D eigenvalue weighted by atomic mass is 16.5. The van der Waals surface area contributed by atoms with Crippen LogP contribution in [0.4, 0.5) is 0 Å². The molecule has 0 aliphatic heterocycles. The molecule has 0 saturated heterocycles. The molecular weight excluding hydrogens is 220 g/mol. The Kier molecular flexibility index (Phi) is 7.04. The van der Waals surface area contributed by atoms with Crippen molar-refractivity contribution in [3.8, 4) is 0 Å². The fourth-order valence-corrected chi connectivity index (χ4v) is 2.46. The topological polar surface area (TPSA) is 9.23 Å². The molecule has 0 aliphatic carbocycles. The van der Waals surface area contributed by atoms with Gasteiger partial charge in [0.1, 0.15) is 0 Å². The molecule has 1 atom stereocenters. The first-order valence-corrected chi connectivity index (χ1v) is 7.36. The molecule has 0 aliphatic rings. The van der Waals surface area contributed by atoms with E-state index < -0.39 is 0 Å². The minimum Gasteiger partial charge on any atom is -0.382 e. The number of unbranched alkanes of at least 4 members (excludes halogenated alkanes) is 2. The Bertz CT molecular complexity index is 295. The zero-order valence-electron chi connectivity index (χ0n) is 12.2. The van der Waals surface area contributed by atoms with Gasteiger partial charge in [0.2, 0.25) is 0 Å². The summed E-state index contributed by atoms with van der Waals surface area (Å²) < 4.78 is 5.56. The molecule has 1 nitrogen and oxygen atoms in total.